The molecule has 4 nitrogen and oxygen atoms in total. The third kappa shape index (κ3) is 2.44. The molecule has 0 amide bonds. The molecule has 0 aromatic heterocycles. The van der Waals surface area contributed by atoms with E-state index in [1.165, 1.54) is 6.92 Å². The van der Waals surface area contributed by atoms with Crippen LogP contribution >= 0.6 is 0 Å². The lowest BCUT2D eigenvalue weighted by molar-refractivity contribution is -0.254. The maximum atomic E-state index is 15.6. The second-order valence-electron chi connectivity index (χ2n) is 10.5. The molecule has 0 spiro atoms. The molecule has 4 rings (SSSR count). The molecule has 0 bridgehead atoms. The summed E-state index contributed by atoms with van der Waals surface area (Å²) in [5.41, 5.74) is -3.12. The van der Waals surface area contributed by atoms with E-state index in [1.807, 2.05) is 0 Å². The summed E-state index contributed by atoms with van der Waals surface area (Å²) in [6.45, 7) is 9.45. The van der Waals surface area contributed by atoms with Crippen LogP contribution in [0.4, 0.5) is 4.39 Å². The van der Waals surface area contributed by atoms with Crippen LogP contribution in [0.25, 0.3) is 0 Å². The van der Waals surface area contributed by atoms with Crippen molar-refractivity contribution < 1.29 is 24.1 Å². The standard InChI is InChI=1S/C23H35FO4/c1-5-22(26)11-8-17-16-12-19(24)23(27)13-15(28-14(2)25)6-9-21(23,4)18(16)7-10-20(17,22)3/h5,15-19,26-27H,1,6-13H2,2-4H3/t15-,16-,17+,18+,19-,20-,21+,22-,23-/m0/s1. The van der Waals surface area contributed by atoms with E-state index in [4.69, 9.17) is 4.74 Å². The zero-order valence-corrected chi connectivity index (χ0v) is 17.4. The van der Waals surface area contributed by atoms with Gasteiger partial charge in [-0.05, 0) is 62.7 Å². The van der Waals surface area contributed by atoms with Gasteiger partial charge in [0, 0.05) is 24.2 Å². The number of ether oxygens (including phenoxy) is 1. The summed E-state index contributed by atoms with van der Waals surface area (Å²) in [7, 11) is 0. The molecule has 0 radical (unpaired) electrons. The van der Waals surface area contributed by atoms with E-state index in [9.17, 15) is 15.0 Å². The van der Waals surface area contributed by atoms with Gasteiger partial charge >= 0.3 is 5.97 Å². The largest absolute Gasteiger partial charge is 0.462 e. The van der Waals surface area contributed by atoms with Crippen LogP contribution in [-0.2, 0) is 9.53 Å². The van der Waals surface area contributed by atoms with Crippen molar-refractivity contribution in [2.75, 3.05) is 0 Å². The first-order valence-electron chi connectivity index (χ1n) is 10.9. The van der Waals surface area contributed by atoms with Gasteiger partial charge in [0.15, 0.2) is 0 Å². The number of esters is 1. The van der Waals surface area contributed by atoms with Gasteiger partial charge in [0.1, 0.15) is 17.9 Å². The predicted molar refractivity (Wildman–Crippen MR) is 104 cm³/mol. The van der Waals surface area contributed by atoms with Gasteiger partial charge in [0.2, 0.25) is 0 Å². The molecule has 28 heavy (non-hydrogen) atoms. The van der Waals surface area contributed by atoms with Gasteiger partial charge in [-0.3, -0.25) is 4.79 Å². The Labute approximate surface area is 167 Å². The highest BCUT2D eigenvalue weighted by atomic mass is 19.1. The molecule has 4 saturated carbocycles. The maximum absolute atomic E-state index is 15.6. The molecular weight excluding hydrogens is 359 g/mol. The Kier molecular flexibility index (Phi) is 4.56. The van der Waals surface area contributed by atoms with Gasteiger partial charge < -0.3 is 14.9 Å². The van der Waals surface area contributed by atoms with Gasteiger partial charge in [-0.15, -0.1) is 6.58 Å². The van der Waals surface area contributed by atoms with E-state index in [0.717, 1.165) is 19.3 Å². The summed E-state index contributed by atoms with van der Waals surface area (Å²) in [6, 6.07) is 0. The first-order chi connectivity index (χ1) is 13.0. The number of fused-ring (bicyclic) bond motifs is 5. The third-order valence-electron chi connectivity index (χ3n) is 9.65. The maximum Gasteiger partial charge on any atom is 0.302 e. The Morgan fingerprint density at radius 3 is 2.36 bits per heavy atom. The van der Waals surface area contributed by atoms with Crippen molar-refractivity contribution in [3.63, 3.8) is 0 Å². The number of hydrogen-bond acceptors (Lipinski definition) is 4. The smallest absolute Gasteiger partial charge is 0.302 e. The Balaban J connectivity index is 1.65. The fourth-order valence-corrected chi connectivity index (χ4v) is 7.91. The van der Waals surface area contributed by atoms with Crippen molar-refractivity contribution >= 4 is 5.97 Å². The van der Waals surface area contributed by atoms with Crippen LogP contribution < -0.4 is 0 Å². The Hall–Kier alpha value is -0.940. The van der Waals surface area contributed by atoms with Crippen molar-refractivity contribution in [3.05, 3.63) is 12.7 Å². The fourth-order valence-electron chi connectivity index (χ4n) is 7.91. The second-order valence-corrected chi connectivity index (χ2v) is 10.5. The lowest BCUT2D eigenvalue weighted by atomic mass is 9.42. The highest BCUT2D eigenvalue weighted by Gasteiger charge is 2.69. The molecule has 0 heterocycles. The van der Waals surface area contributed by atoms with E-state index >= 15 is 4.39 Å². The van der Waals surface area contributed by atoms with Crippen LogP contribution in [0.15, 0.2) is 12.7 Å². The predicted octanol–water partition coefficient (Wildman–Crippen LogP) is 3.94. The van der Waals surface area contributed by atoms with Crippen LogP contribution in [0.1, 0.15) is 72.1 Å². The molecule has 9 atom stereocenters. The topological polar surface area (TPSA) is 66.8 Å². The van der Waals surface area contributed by atoms with E-state index in [2.05, 4.69) is 20.4 Å². The number of alkyl halides is 1. The first kappa shape index (κ1) is 20.3. The zero-order valence-electron chi connectivity index (χ0n) is 17.4. The number of aliphatic hydroxyl groups is 2. The molecule has 0 aromatic carbocycles. The Bertz CT molecular complexity index is 682. The molecule has 4 aliphatic rings. The molecule has 0 unspecified atom stereocenters. The van der Waals surface area contributed by atoms with Crippen molar-refractivity contribution in [2.45, 2.75) is 95.6 Å². The fraction of sp³-hybridized carbons (Fsp3) is 0.870. The summed E-state index contributed by atoms with van der Waals surface area (Å²) in [6.07, 6.45) is 5.15. The second kappa shape index (κ2) is 6.28. The lowest BCUT2D eigenvalue weighted by Crippen LogP contribution is -2.68. The highest BCUT2D eigenvalue weighted by molar-refractivity contribution is 5.66. The lowest BCUT2D eigenvalue weighted by Gasteiger charge is -2.65. The zero-order chi connectivity index (χ0) is 20.5. The van der Waals surface area contributed by atoms with E-state index in [-0.39, 0.29) is 35.6 Å². The van der Waals surface area contributed by atoms with Gasteiger partial charge in [-0.25, -0.2) is 4.39 Å². The highest BCUT2D eigenvalue weighted by Crippen LogP contribution is 2.69. The summed E-state index contributed by atoms with van der Waals surface area (Å²) in [5.74, 6) is 0.274. The third-order valence-corrected chi connectivity index (χ3v) is 9.65. The molecule has 5 heteroatoms. The number of rotatable bonds is 2. The van der Waals surface area contributed by atoms with E-state index in [0.29, 0.717) is 25.7 Å². The van der Waals surface area contributed by atoms with Crippen LogP contribution in [0.5, 0.6) is 0 Å². The van der Waals surface area contributed by atoms with Crippen LogP contribution in [0, 0.1) is 28.6 Å². The normalized spacial score (nSPS) is 55.6. The summed E-state index contributed by atoms with van der Waals surface area (Å²) in [4.78, 5) is 11.4. The SMILES string of the molecule is C=C[C@]1(O)CC[C@@H]2[C@@H]3C[C@H](F)[C@@]4(O)C[C@@H](OC(C)=O)CC[C@]4(C)[C@@H]3CC[C@@]21C. The van der Waals surface area contributed by atoms with Crippen molar-refractivity contribution in [2.24, 2.45) is 28.6 Å². The number of halogens is 1. The summed E-state index contributed by atoms with van der Waals surface area (Å²) in [5, 5.41) is 22.7. The minimum atomic E-state index is -1.45. The van der Waals surface area contributed by atoms with Gasteiger partial charge in [-0.1, -0.05) is 19.9 Å². The van der Waals surface area contributed by atoms with Crippen molar-refractivity contribution in [3.8, 4) is 0 Å². The number of carbonyl (C=O) groups excluding carboxylic acids is 1. The van der Waals surface area contributed by atoms with Crippen molar-refractivity contribution in [1.82, 2.24) is 0 Å². The first-order valence-corrected chi connectivity index (χ1v) is 10.9. The molecule has 0 saturated heterocycles. The average molecular weight is 395 g/mol. The van der Waals surface area contributed by atoms with E-state index < -0.39 is 28.9 Å². The molecule has 2 N–H and O–H groups in total. The van der Waals surface area contributed by atoms with Crippen LogP contribution in [-0.4, -0.2) is 39.7 Å². The monoisotopic (exact) mass is 394 g/mol. The quantitative estimate of drug-likeness (QED) is 0.550. The van der Waals surface area contributed by atoms with Gasteiger partial charge in [0.25, 0.3) is 0 Å². The minimum Gasteiger partial charge on any atom is -0.462 e. The molecule has 4 fully saturated rings. The molecular formula is C23H35FO4. The number of carbonyl (C=O) groups is 1. The molecule has 0 aromatic rings. The minimum absolute atomic E-state index is 0.165. The molecule has 0 aliphatic heterocycles. The molecule has 4 aliphatic carbocycles. The summed E-state index contributed by atoms with van der Waals surface area (Å²) >= 11 is 0. The van der Waals surface area contributed by atoms with Gasteiger partial charge in [-0.2, -0.15) is 0 Å². The van der Waals surface area contributed by atoms with Crippen LogP contribution in [0.3, 0.4) is 0 Å². The Morgan fingerprint density at radius 2 is 1.71 bits per heavy atom. The van der Waals surface area contributed by atoms with Gasteiger partial charge in [0.05, 0.1) is 5.60 Å². The van der Waals surface area contributed by atoms with Crippen molar-refractivity contribution in [1.29, 1.82) is 0 Å². The molecule has 158 valence electrons. The van der Waals surface area contributed by atoms with E-state index in [1.54, 1.807) is 6.08 Å². The van der Waals surface area contributed by atoms with Crippen LogP contribution in [0.2, 0.25) is 0 Å². The Morgan fingerprint density at radius 1 is 1.11 bits per heavy atom. The average Bonchev–Trinajstić information content (AvgIpc) is 2.89. The number of hydrogen-bond donors (Lipinski definition) is 2. The summed E-state index contributed by atoms with van der Waals surface area (Å²) < 4.78 is 21.0.